The van der Waals surface area contributed by atoms with Crippen LogP contribution in [0.2, 0.25) is 10.0 Å². The van der Waals surface area contributed by atoms with Crippen LogP contribution >= 0.6 is 66.8 Å². The summed E-state index contributed by atoms with van der Waals surface area (Å²) in [5, 5.41) is 3.19. The molecule has 12 heteroatoms. The monoisotopic (exact) mass is 712 g/mol. The van der Waals surface area contributed by atoms with Crippen molar-refractivity contribution in [2.45, 2.75) is 13.5 Å². The fourth-order valence-electron chi connectivity index (χ4n) is 3.52. The van der Waals surface area contributed by atoms with Crippen LogP contribution < -0.4 is 14.8 Å². The second kappa shape index (κ2) is 13.2. The lowest BCUT2D eigenvalue weighted by Gasteiger charge is -2.13. The van der Waals surface area contributed by atoms with E-state index in [1.807, 2.05) is 6.92 Å². The van der Waals surface area contributed by atoms with Crippen LogP contribution in [0.5, 0.6) is 11.5 Å². The Labute approximate surface area is 256 Å². The molecule has 1 heterocycles. The number of nitrogens with one attached hydrogen (secondary N) is 1. The molecule has 1 N–H and O–H groups in total. The molecule has 0 saturated carbocycles. The number of amides is 3. The predicted octanol–water partition coefficient (Wildman–Crippen LogP) is 8.17. The molecule has 1 fully saturated rings. The highest BCUT2D eigenvalue weighted by atomic mass is 79.9. The summed E-state index contributed by atoms with van der Waals surface area (Å²) in [5.41, 5.74) is 1.94. The van der Waals surface area contributed by atoms with Crippen LogP contribution in [-0.2, 0) is 16.2 Å². The van der Waals surface area contributed by atoms with Gasteiger partial charge in [-0.25, -0.2) is 0 Å². The molecule has 202 valence electrons. The number of carbonyl (C=O) groups is 3. The van der Waals surface area contributed by atoms with Crippen molar-refractivity contribution in [2.75, 3.05) is 18.5 Å². The number of hydrogen-bond acceptors (Lipinski definition) is 6. The fraction of sp³-hybridized carbons (Fsp3) is 0.148. The van der Waals surface area contributed by atoms with Crippen molar-refractivity contribution in [3.63, 3.8) is 0 Å². The van der Waals surface area contributed by atoms with E-state index < -0.39 is 23.6 Å². The molecule has 0 atom stereocenters. The lowest BCUT2D eigenvalue weighted by molar-refractivity contribution is -0.127. The Bertz CT molecular complexity index is 1440. The molecule has 39 heavy (non-hydrogen) atoms. The Morgan fingerprint density at radius 2 is 1.72 bits per heavy atom. The van der Waals surface area contributed by atoms with Gasteiger partial charge in [0.15, 0.2) is 0 Å². The summed E-state index contributed by atoms with van der Waals surface area (Å²) in [7, 11) is 0. The van der Waals surface area contributed by atoms with Crippen molar-refractivity contribution in [1.82, 2.24) is 4.90 Å². The average molecular weight is 715 g/mol. The number of hydrogen-bond donors (Lipinski definition) is 1. The van der Waals surface area contributed by atoms with Gasteiger partial charge in [-0.3, -0.25) is 19.3 Å². The zero-order valence-electron chi connectivity index (χ0n) is 20.3. The fourth-order valence-corrected chi connectivity index (χ4v) is 6.27. The van der Waals surface area contributed by atoms with Crippen LogP contribution in [0, 0.1) is 0 Å². The lowest BCUT2D eigenvalue weighted by atomic mass is 10.2. The molecule has 3 aromatic rings. The molecule has 0 aliphatic carbocycles. The maximum absolute atomic E-state index is 12.9. The summed E-state index contributed by atoms with van der Waals surface area (Å²) in [5.74, 6) is 0.180. The number of ether oxygens (including phenoxy) is 2. The van der Waals surface area contributed by atoms with Gasteiger partial charge in [0.1, 0.15) is 24.7 Å². The summed E-state index contributed by atoms with van der Waals surface area (Å²) in [6.45, 7) is 2.22. The van der Waals surface area contributed by atoms with E-state index in [-0.39, 0.29) is 11.5 Å². The van der Waals surface area contributed by atoms with Crippen molar-refractivity contribution < 1.29 is 23.9 Å². The highest BCUT2D eigenvalue weighted by Crippen LogP contribution is 2.38. The second-order valence-electron chi connectivity index (χ2n) is 8.11. The van der Waals surface area contributed by atoms with Gasteiger partial charge in [0.25, 0.3) is 11.1 Å². The van der Waals surface area contributed by atoms with Gasteiger partial charge >= 0.3 is 0 Å². The molecule has 0 aromatic heterocycles. The van der Waals surface area contributed by atoms with E-state index in [1.165, 1.54) is 0 Å². The molecular formula is C27H20Br2Cl2N2O5S. The predicted molar refractivity (Wildman–Crippen MR) is 162 cm³/mol. The number of nitrogens with zero attached hydrogens (tertiary/aromatic N) is 1. The molecule has 3 amide bonds. The molecule has 4 rings (SSSR count). The van der Waals surface area contributed by atoms with Gasteiger partial charge in [0.05, 0.1) is 20.5 Å². The van der Waals surface area contributed by atoms with Crippen molar-refractivity contribution in [1.29, 1.82) is 0 Å². The Morgan fingerprint density at radius 1 is 1.03 bits per heavy atom. The zero-order valence-corrected chi connectivity index (χ0v) is 25.8. The Kier molecular flexibility index (Phi) is 10.0. The van der Waals surface area contributed by atoms with Crippen LogP contribution in [0.1, 0.15) is 18.1 Å². The van der Waals surface area contributed by atoms with Crippen molar-refractivity contribution >= 4 is 95.6 Å². The number of benzene rings is 3. The third-order valence-corrected chi connectivity index (χ3v) is 8.00. The average Bonchev–Trinajstić information content (AvgIpc) is 3.13. The number of rotatable bonds is 9. The minimum absolute atomic E-state index is 0.203. The van der Waals surface area contributed by atoms with Crippen LogP contribution in [-0.4, -0.2) is 35.1 Å². The number of thioether (sulfide) groups is 1. The molecule has 0 spiro atoms. The van der Waals surface area contributed by atoms with Gasteiger partial charge in [-0.05, 0) is 111 Å². The van der Waals surface area contributed by atoms with E-state index in [1.54, 1.807) is 60.7 Å². The first-order chi connectivity index (χ1) is 18.6. The second-order valence-corrected chi connectivity index (χ2v) is 11.7. The summed E-state index contributed by atoms with van der Waals surface area (Å²) >= 11 is 20.0. The lowest BCUT2D eigenvalue weighted by Crippen LogP contribution is -2.36. The third kappa shape index (κ3) is 7.58. The highest BCUT2D eigenvalue weighted by Gasteiger charge is 2.36. The minimum atomic E-state index is -0.545. The Balaban J connectivity index is 1.41. The first-order valence-electron chi connectivity index (χ1n) is 11.5. The molecule has 1 aliphatic rings. The number of halogens is 4. The van der Waals surface area contributed by atoms with E-state index in [2.05, 4.69) is 37.2 Å². The molecule has 3 aromatic carbocycles. The smallest absolute Gasteiger partial charge is 0.294 e. The maximum Gasteiger partial charge on any atom is 0.294 e. The number of carbonyl (C=O) groups excluding carboxylic acids is 3. The maximum atomic E-state index is 12.9. The molecule has 7 nitrogen and oxygen atoms in total. The third-order valence-electron chi connectivity index (χ3n) is 5.33. The Hall–Kier alpha value is -2.50. The van der Waals surface area contributed by atoms with Gasteiger partial charge in [0, 0.05) is 21.3 Å². The van der Waals surface area contributed by atoms with Crippen molar-refractivity contribution in [2.24, 2.45) is 0 Å². The Morgan fingerprint density at radius 3 is 2.36 bits per heavy atom. The summed E-state index contributed by atoms with van der Waals surface area (Å²) in [6.07, 6.45) is 1.59. The van der Waals surface area contributed by atoms with Crippen LogP contribution in [0.4, 0.5) is 10.5 Å². The molecule has 1 saturated heterocycles. The van der Waals surface area contributed by atoms with E-state index in [0.717, 1.165) is 22.2 Å². The standard InChI is InChI=1S/C27H20Br2Cl2N2O5S/c1-2-37-19-7-5-18(6-8-19)32-24(34)13-33-26(35)23(39-27(33)36)11-15-9-20(28)25(21(29)10-15)38-14-16-3-4-17(30)12-22(16)31/h3-12H,2,13-14H2,1H3,(H,32,34)/b23-11+. The van der Waals surface area contributed by atoms with E-state index in [9.17, 15) is 14.4 Å². The van der Waals surface area contributed by atoms with Crippen LogP contribution in [0.25, 0.3) is 6.08 Å². The van der Waals surface area contributed by atoms with Crippen molar-refractivity contribution in [3.05, 3.63) is 89.6 Å². The van der Waals surface area contributed by atoms with Gasteiger partial charge < -0.3 is 14.8 Å². The van der Waals surface area contributed by atoms with E-state index >= 15 is 0 Å². The van der Waals surface area contributed by atoms with Gasteiger partial charge in [-0.1, -0.05) is 29.3 Å². The minimum Gasteiger partial charge on any atom is -0.494 e. The molecule has 1 aliphatic heterocycles. The molecular weight excluding hydrogens is 695 g/mol. The number of imide groups is 1. The van der Waals surface area contributed by atoms with Gasteiger partial charge in [0.2, 0.25) is 5.91 Å². The summed E-state index contributed by atoms with van der Waals surface area (Å²) in [4.78, 5) is 39.1. The quantitative estimate of drug-likeness (QED) is 0.225. The largest absolute Gasteiger partial charge is 0.494 e. The molecule has 0 bridgehead atoms. The SMILES string of the molecule is CCOc1ccc(NC(=O)CN2C(=O)S/C(=C/c3cc(Br)c(OCc4ccc(Cl)cc4Cl)c(Br)c3)C2=O)cc1. The summed E-state index contributed by atoms with van der Waals surface area (Å²) in [6, 6.07) is 15.5. The van der Waals surface area contributed by atoms with E-state index in [0.29, 0.717) is 48.3 Å². The zero-order chi connectivity index (χ0) is 28.1. The summed E-state index contributed by atoms with van der Waals surface area (Å²) < 4.78 is 12.6. The first-order valence-corrected chi connectivity index (χ1v) is 14.6. The van der Waals surface area contributed by atoms with Crippen LogP contribution in [0.3, 0.4) is 0 Å². The molecule has 0 radical (unpaired) electrons. The van der Waals surface area contributed by atoms with Gasteiger partial charge in [-0.2, -0.15) is 0 Å². The first kappa shape index (κ1) is 29.5. The highest BCUT2D eigenvalue weighted by molar-refractivity contribution is 9.11. The van der Waals surface area contributed by atoms with Crippen LogP contribution in [0.15, 0.2) is 68.4 Å². The normalized spacial score (nSPS) is 14.2. The topological polar surface area (TPSA) is 84.9 Å². The van der Waals surface area contributed by atoms with Gasteiger partial charge in [-0.15, -0.1) is 0 Å². The van der Waals surface area contributed by atoms with E-state index in [4.69, 9.17) is 32.7 Å². The molecule has 0 unspecified atom stereocenters. The number of anilines is 1. The van der Waals surface area contributed by atoms with Crippen molar-refractivity contribution in [3.8, 4) is 11.5 Å².